The summed E-state index contributed by atoms with van der Waals surface area (Å²) in [4.78, 5) is 4.18. The lowest BCUT2D eigenvalue weighted by Gasteiger charge is -2.09. The molecule has 0 spiro atoms. The molecule has 0 saturated heterocycles. The zero-order valence-electron chi connectivity index (χ0n) is 9.90. The third kappa shape index (κ3) is 2.66. The molecule has 0 radical (unpaired) electrons. The molecule has 4 heteroatoms. The van der Waals surface area contributed by atoms with Gasteiger partial charge in [0.25, 0.3) is 0 Å². The first-order valence-electron chi connectivity index (χ1n) is 5.32. The SMILES string of the molecule is COc1ccc(Nc2cc(N)ccn2)cc1C. The van der Waals surface area contributed by atoms with E-state index in [4.69, 9.17) is 10.5 Å². The van der Waals surface area contributed by atoms with Gasteiger partial charge in [-0.2, -0.15) is 0 Å². The number of aryl methyl sites for hydroxylation is 1. The van der Waals surface area contributed by atoms with Gasteiger partial charge in [0, 0.05) is 23.6 Å². The van der Waals surface area contributed by atoms with Crippen LogP contribution in [0.3, 0.4) is 0 Å². The van der Waals surface area contributed by atoms with Crippen LogP contribution in [0.15, 0.2) is 36.5 Å². The van der Waals surface area contributed by atoms with Crippen LogP contribution >= 0.6 is 0 Å². The van der Waals surface area contributed by atoms with Crippen molar-refractivity contribution >= 4 is 17.2 Å². The van der Waals surface area contributed by atoms with Crippen LogP contribution in [0.25, 0.3) is 0 Å². The minimum Gasteiger partial charge on any atom is -0.496 e. The van der Waals surface area contributed by atoms with Crippen LogP contribution in [0.1, 0.15) is 5.56 Å². The normalized spacial score (nSPS) is 10.0. The summed E-state index contributed by atoms with van der Waals surface area (Å²) in [6.45, 7) is 2.00. The fraction of sp³-hybridized carbons (Fsp3) is 0.154. The molecule has 0 amide bonds. The highest BCUT2D eigenvalue weighted by Crippen LogP contribution is 2.23. The Bertz CT molecular complexity index is 526. The molecular formula is C13H15N3O. The summed E-state index contributed by atoms with van der Waals surface area (Å²) in [7, 11) is 1.66. The maximum Gasteiger partial charge on any atom is 0.132 e. The highest BCUT2D eigenvalue weighted by atomic mass is 16.5. The molecule has 0 bridgehead atoms. The van der Waals surface area contributed by atoms with E-state index in [1.807, 2.05) is 25.1 Å². The summed E-state index contributed by atoms with van der Waals surface area (Å²) < 4.78 is 5.21. The number of rotatable bonds is 3. The monoisotopic (exact) mass is 229 g/mol. The van der Waals surface area contributed by atoms with Gasteiger partial charge in [-0.15, -0.1) is 0 Å². The van der Waals surface area contributed by atoms with Crippen LogP contribution in [0, 0.1) is 6.92 Å². The molecule has 0 aliphatic heterocycles. The van der Waals surface area contributed by atoms with Gasteiger partial charge in [-0.25, -0.2) is 4.98 Å². The Balaban J connectivity index is 2.22. The Morgan fingerprint density at radius 3 is 2.71 bits per heavy atom. The molecule has 0 aliphatic carbocycles. The van der Waals surface area contributed by atoms with E-state index < -0.39 is 0 Å². The van der Waals surface area contributed by atoms with E-state index in [1.165, 1.54) is 0 Å². The first-order valence-corrected chi connectivity index (χ1v) is 5.32. The fourth-order valence-electron chi connectivity index (χ4n) is 1.62. The molecule has 3 N–H and O–H groups in total. The average molecular weight is 229 g/mol. The highest BCUT2D eigenvalue weighted by molar-refractivity contribution is 5.61. The van der Waals surface area contributed by atoms with E-state index in [0.29, 0.717) is 5.69 Å². The van der Waals surface area contributed by atoms with Crippen molar-refractivity contribution in [2.75, 3.05) is 18.2 Å². The second-order valence-corrected chi connectivity index (χ2v) is 3.78. The number of pyridine rings is 1. The standard InChI is InChI=1S/C13H15N3O/c1-9-7-11(3-4-12(9)17-2)16-13-8-10(14)5-6-15-13/h3-8H,1-2H3,(H3,14,15,16). The van der Waals surface area contributed by atoms with Crippen LogP contribution in [0.4, 0.5) is 17.2 Å². The molecule has 2 rings (SSSR count). The van der Waals surface area contributed by atoms with Gasteiger partial charge in [0.05, 0.1) is 7.11 Å². The molecule has 4 nitrogen and oxygen atoms in total. The first kappa shape index (κ1) is 11.3. The number of ether oxygens (including phenoxy) is 1. The lowest BCUT2D eigenvalue weighted by atomic mass is 10.2. The number of nitrogen functional groups attached to an aromatic ring is 1. The zero-order chi connectivity index (χ0) is 12.3. The Morgan fingerprint density at radius 2 is 2.06 bits per heavy atom. The molecule has 0 fully saturated rings. The summed E-state index contributed by atoms with van der Waals surface area (Å²) >= 11 is 0. The van der Waals surface area contributed by atoms with E-state index in [1.54, 1.807) is 25.4 Å². The summed E-state index contributed by atoms with van der Waals surface area (Å²) in [5.74, 6) is 1.60. The van der Waals surface area contributed by atoms with Gasteiger partial charge in [-0.3, -0.25) is 0 Å². The Labute approximate surface area is 100 Å². The molecule has 1 aromatic heterocycles. The van der Waals surface area contributed by atoms with Gasteiger partial charge < -0.3 is 15.8 Å². The van der Waals surface area contributed by atoms with E-state index in [9.17, 15) is 0 Å². The lowest BCUT2D eigenvalue weighted by molar-refractivity contribution is 0.412. The van der Waals surface area contributed by atoms with Crippen LogP contribution < -0.4 is 15.8 Å². The second kappa shape index (κ2) is 4.74. The van der Waals surface area contributed by atoms with E-state index >= 15 is 0 Å². The minimum atomic E-state index is 0.688. The Hall–Kier alpha value is -2.23. The highest BCUT2D eigenvalue weighted by Gasteiger charge is 2.01. The van der Waals surface area contributed by atoms with Crippen LogP contribution in [-0.2, 0) is 0 Å². The molecule has 2 aromatic rings. The minimum absolute atomic E-state index is 0.688. The summed E-state index contributed by atoms with van der Waals surface area (Å²) in [6.07, 6.45) is 1.67. The number of benzene rings is 1. The number of anilines is 3. The summed E-state index contributed by atoms with van der Waals surface area (Å²) in [5, 5.41) is 3.19. The van der Waals surface area contributed by atoms with Crippen molar-refractivity contribution < 1.29 is 4.74 Å². The molecule has 0 saturated carbocycles. The van der Waals surface area contributed by atoms with Crippen molar-refractivity contribution in [3.63, 3.8) is 0 Å². The maximum absolute atomic E-state index is 5.69. The molecule has 0 unspecified atom stereocenters. The van der Waals surface area contributed by atoms with Gasteiger partial charge in [-0.05, 0) is 36.8 Å². The second-order valence-electron chi connectivity index (χ2n) is 3.78. The van der Waals surface area contributed by atoms with Crippen molar-refractivity contribution in [2.24, 2.45) is 0 Å². The third-order valence-corrected chi connectivity index (χ3v) is 2.45. The van der Waals surface area contributed by atoms with Gasteiger partial charge >= 0.3 is 0 Å². The number of nitrogens with two attached hydrogens (primary N) is 1. The van der Waals surface area contributed by atoms with Crippen molar-refractivity contribution in [3.05, 3.63) is 42.1 Å². The molecule has 1 aromatic carbocycles. The molecule has 17 heavy (non-hydrogen) atoms. The molecule has 0 atom stereocenters. The molecule has 88 valence electrons. The average Bonchev–Trinajstić information content (AvgIpc) is 2.29. The zero-order valence-corrected chi connectivity index (χ0v) is 9.90. The number of hydrogen-bond acceptors (Lipinski definition) is 4. The van der Waals surface area contributed by atoms with E-state index in [0.717, 1.165) is 22.8 Å². The number of nitrogens with one attached hydrogen (secondary N) is 1. The Kier molecular flexibility index (Phi) is 3.14. The predicted molar refractivity (Wildman–Crippen MR) is 69.7 cm³/mol. The van der Waals surface area contributed by atoms with Gasteiger partial charge in [0.1, 0.15) is 11.6 Å². The number of nitrogens with zero attached hydrogens (tertiary/aromatic N) is 1. The largest absolute Gasteiger partial charge is 0.496 e. The summed E-state index contributed by atoms with van der Waals surface area (Å²) in [6, 6.07) is 9.41. The van der Waals surface area contributed by atoms with Crippen molar-refractivity contribution in [1.29, 1.82) is 0 Å². The lowest BCUT2D eigenvalue weighted by Crippen LogP contribution is -1.96. The topological polar surface area (TPSA) is 60.2 Å². The number of methoxy groups -OCH3 is 1. The molecule has 1 heterocycles. The van der Waals surface area contributed by atoms with Gasteiger partial charge in [0.15, 0.2) is 0 Å². The first-order chi connectivity index (χ1) is 8.19. The van der Waals surface area contributed by atoms with Gasteiger partial charge in [0.2, 0.25) is 0 Å². The van der Waals surface area contributed by atoms with Crippen LogP contribution in [0.2, 0.25) is 0 Å². The smallest absolute Gasteiger partial charge is 0.132 e. The molecular weight excluding hydrogens is 214 g/mol. The third-order valence-electron chi connectivity index (χ3n) is 2.45. The van der Waals surface area contributed by atoms with E-state index in [2.05, 4.69) is 10.3 Å². The summed E-state index contributed by atoms with van der Waals surface area (Å²) in [5.41, 5.74) is 8.41. The van der Waals surface area contributed by atoms with E-state index in [-0.39, 0.29) is 0 Å². The van der Waals surface area contributed by atoms with Gasteiger partial charge in [-0.1, -0.05) is 0 Å². The maximum atomic E-state index is 5.69. The Morgan fingerprint density at radius 1 is 1.24 bits per heavy atom. The number of aromatic nitrogens is 1. The molecule has 0 aliphatic rings. The fourth-order valence-corrected chi connectivity index (χ4v) is 1.62. The number of hydrogen-bond donors (Lipinski definition) is 2. The van der Waals surface area contributed by atoms with Crippen molar-refractivity contribution in [3.8, 4) is 5.75 Å². The van der Waals surface area contributed by atoms with Crippen molar-refractivity contribution in [1.82, 2.24) is 4.98 Å². The van der Waals surface area contributed by atoms with Crippen LogP contribution in [-0.4, -0.2) is 12.1 Å². The quantitative estimate of drug-likeness (QED) is 0.849. The predicted octanol–water partition coefficient (Wildman–Crippen LogP) is 2.72. The van der Waals surface area contributed by atoms with Crippen molar-refractivity contribution in [2.45, 2.75) is 6.92 Å². The van der Waals surface area contributed by atoms with Crippen LogP contribution in [0.5, 0.6) is 5.75 Å².